The molecule has 1 fully saturated rings. The van der Waals surface area contributed by atoms with E-state index < -0.39 is 0 Å². The molecule has 2 rings (SSSR count). The largest absolute Gasteiger partial charge is 0.493 e. The van der Waals surface area contributed by atoms with Gasteiger partial charge in [0.1, 0.15) is 6.42 Å². The topological polar surface area (TPSA) is 97.4 Å². The highest BCUT2D eigenvalue weighted by Gasteiger charge is 2.25. The van der Waals surface area contributed by atoms with Crippen LogP contribution in [0.3, 0.4) is 0 Å². The zero-order valence-corrected chi connectivity index (χ0v) is 16.5. The monoisotopic (exact) mass is 393 g/mol. The van der Waals surface area contributed by atoms with E-state index in [1.54, 1.807) is 43.1 Å². The first-order valence-corrected chi connectivity index (χ1v) is 9.15. The van der Waals surface area contributed by atoms with Gasteiger partial charge in [-0.05, 0) is 24.6 Å². The third-order valence-electron chi connectivity index (χ3n) is 4.41. The maximum Gasteiger partial charge on any atom is 0.409 e. The minimum absolute atomic E-state index is 0.229. The van der Waals surface area contributed by atoms with E-state index in [0.29, 0.717) is 44.3 Å². The van der Waals surface area contributed by atoms with Gasteiger partial charge in [0.05, 0.1) is 20.8 Å². The highest BCUT2D eigenvalue weighted by molar-refractivity contribution is 5.96. The van der Waals surface area contributed by atoms with Crippen LogP contribution in [-0.2, 0) is 20.9 Å². The number of ether oxygens (including phenoxy) is 3. The van der Waals surface area contributed by atoms with E-state index in [4.69, 9.17) is 14.2 Å². The summed E-state index contributed by atoms with van der Waals surface area (Å²) in [7, 11) is 3.10. The minimum atomic E-state index is -0.373. The maximum atomic E-state index is 12.3. The molecule has 1 aromatic rings. The van der Waals surface area contributed by atoms with Crippen LogP contribution in [0.15, 0.2) is 18.2 Å². The molecule has 0 atom stereocenters. The van der Waals surface area contributed by atoms with Crippen molar-refractivity contribution in [1.82, 2.24) is 15.1 Å². The number of rotatable bonds is 7. The number of hydrogen-bond acceptors (Lipinski definition) is 6. The van der Waals surface area contributed by atoms with Crippen LogP contribution >= 0.6 is 0 Å². The molecule has 0 radical (unpaired) electrons. The Morgan fingerprint density at radius 2 is 1.64 bits per heavy atom. The van der Waals surface area contributed by atoms with Gasteiger partial charge in [0.15, 0.2) is 11.5 Å². The van der Waals surface area contributed by atoms with E-state index in [1.807, 2.05) is 6.07 Å². The first-order chi connectivity index (χ1) is 13.5. The third kappa shape index (κ3) is 5.77. The smallest absolute Gasteiger partial charge is 0.409 e. The first kappa shape index (κ1) is 21.3. The molecule has 1 aliphatic rings. The van der Waals surface area contributed by atoms with Crippen LogP contribution in [0.25, 0.3) is 0 Å². The summed E-state index contributed by atoms with van der Waals surface area (Å²) in [6.45, 7) is 3.93. The molecule has 0 unspecified atom stereocenters. The lowest BCUT2D eigenvalue weighted by Gasteiger charge is -2.34. The molecule has 1 aliphatic heterocycles. The van der Waals surface area contributed by atoms with Gasteiger partial charge in [0.2, 0.25) is 11.8 Å². The molecule has 1 N–H and O–H groups in total. The lowest BCUT2D eigenvalue weighted by Crippen LogP contribution is -2.51. The average molecular weight is 393 g/mol. The molecule has 0 saturated carbocycles. The van der Waals surface area contributed by atoms with Gasteiger partial charge in [0.25, 0.3) is 0 Å². The molecule has 1 aromatic carbocycles. The number of nitrogens with zero attached hydrogens (tertiary/aromatic N) is 2. The lowest BCUT2D eigenvalue weighted by molar-refractivity contribution is -0.137. The van der Waals surface area contributed by atoms with Gasteiger partial charge < -0.3 is 29.3 Å². The Bertz CT molecular complexity index is 701. The highest BCUT2D eigenvalue weighted by Crippen LogP contribution is 2.27. The standard InChI is InChI=1S/C19H27N3O6/c1-4-28-19(25)22-9-7-21(8-10-22)18(24)12-17(23)20-13-14-5-6-15(26-2)16(11-14)27-3/h5-6,11H,4,7-10,12-13H2,1-3H3,(H,20,23). The van der Waals surface area contributed by atoms with Crippen LogP contribution in [0, 0.1) is 0 Å². The van der Waals surface area contributed by atoms with Gasteiger partial charge in [-0.1, -0.05) is 6.07 Å². The summed E-state index contributed by atoms with van der Waals surface area (Å²) >= 11 is 0. The van der Waals surface area contributed by atoms with Crippen molar-refractivity contribution in [3.63, 3.8) is 0 Å². The minimum Gasteiger partial charge on any atom is -0.493 e. The molecular formula is C19H27N3O6. The maximum absolute atomic E-state index is 12.3. The van der Waals surface area contributed by atoms with Crippen LogP contribution in [0.5, 0.6) is 11.5 Å². The number of amides is 3. The van der Waals surface area contributed by atoms with E-state index in [1.165, 1.54) is 0 Å². The van der Waals surface area contributed by atoms with E-state index >= 15 is 0 Å². The summed E-state index contributed by atoms with van der Waals surface area (Å²) in [5.74, 6) is 0.570. The zero-order valence-electron chi connectivity index (χ0n) is 16.5. The van der Waals surface area contributed by atoms with Crippen molar-refractivity contribution < 1.29 is 28.6 Å². The molecule has 0 aliphatic carbocycles. The average Bonchev–Trinajstić information content (AvgIpc) is 2.72. The van der Waals surface area contributed by atoms with Crippen LogP contribution in [-0.4, -0.2) is 74.7 Å². The molecule has 28 heavy (non-hydrogen) atoms. The summed E-state index contributed by atoms with van der Waals surface area (Å²) in [5, 5.41) is 2.73. The Morgan fingerprint density at radius 1 is 1.00 bits per heavy atom. The number of piperazine rings is 1. The summed E-state index contributed by atoms with van der Waals surface area (Å²) in [4.78, 5) is 39.2. The second-order valence-electron chi connectivity index (χ2n) is 6.21. The van der Waals surface area contributed by atoms with Crippen molar-refractivity contribution in [2.75, 3.05) is 47.0 Å². The van der Waals surface area contributed by atoms with Crippen LogP contribution in [0.4, 0.5) is 4.79 Å². The molecule has 0 spiro atoms. The molecule has 0 bridgehead atoms. The Balaban J connectivity index is 1.77. The van der Waals surface area contributed by atoms with Crippen LogP contribution < -0.4 is 14.8 Å². The lowest BCUT2D eigenvalue weighted by atomic mass is 10.2. The second kappa shape index (κ2) is 10.4. The number of carbonyl (C=O) groups excluding carboxylic acids is 3. The number of nitrogens with one attached hydrogen (secondary N) is 1. The molecule has 154 valence electrons. The normalized spacial score (nSPS) is 13.7. The summed E-state index contributed by atoms with van der Waals surface area (Å²) in [6.07, 6.45) is -0.602. The fraction of sp³-hybridized carbons (Fsp3) is 0.526. The second-order valence-corrected chi connectivity index (χ2v) is 6.21. The molecule has 3 amide bonds. The zero-order chi connectivity index (χ0) is 20.5. The van der Waals surface area contributed by atoms with E-state index in [0.717, 1.165) is 5.56 Å². The Hall–Kier alpha value is -2.97. The summed E-state index contributed by atoms with van der Waals surface area (Å²) in [6, 6.07) is 5.35. The predicted octanol–water partition coefficient (Wildman–Crippen LogP) is 1.01. The van der Waals surface area contributed by atoms with E-state index in [2.05, 4.69) is 5.32 Å². The van der Waals surface area contributed by atoms with Crippen molar-refractivity contribution in [3.8, 4) is 11.5 Å². The van der Waals surface area contributed by atoms with E-state index in [-0.39, 0.29) is 30.9 Å². The molecule has 0 aromatic heterocycles. The first-order valence-electron chi connectivity index (χ1n) is 9.15. The summed E-state index contributed by atoms with van der Waals surface area (Å²) < 4.78 is 15.4. The highest BCUT2D eigenvalue weighted by atomic mass is 16.6. The molecule has 1 heterocycles. The van der Waals surface area contributed by atoms with Crippen molar-refractivity contribution in [3.05, 3.63) is 23.8 Å². The SMILES string of the molecule is CCOC(=O)N1CCN(C(=O)CC(=O)NCc2ccc(OC)c(OC)c2)CC1. The van der Waals surface area contributed by atoms with Gasteiger partial charge in [-0.2, -0.15) is 0 Å². The van der Waals surface area contributed by atoms with Crippen molar-refractivity contribution in [2.24, 2.45) is 0 Å². The Kier molecular flexibility index (Phi) is 7.91. The molecular weight excluding hydrogens is 366 g/mol. The van der Waals surface area contributed by atoms with Crippen LogP contribution in [0.1, 0.15) is 18.9 Å². The third-order valence-corrected chi connectivity index (χ3v) is 4.41. The quantitative estimate of drug-likeness (QED) is 0.695. The molecule has 1 saturated heterocycles. The van der Waals surface area contributed by atoms with Crippen LogP contribution in [0.2, 0.25) is 0 Å². The summed E-state index contributed by atoms with van der Waals surface area (Å²) in [5.41, 5.74) is 0.835. The molecule has 9 heteroatoms. The van der Waals surface area contributed by atoms with Gasteiger partial charge in [-0.25, -0.2) is 4.79 Å². The Labute approximate surface area is 164 Å². The number of benzene rings is 1. The van der Waals surface area contributed by atoms with Crippen molar-refractivity contribution in [1.29, 1.82) is 0 Å². The fourth-order valence-corrected chi connectivity index (χ4v) is 2.86. The van der Waals surface area contributed by atoms with Gasteiger partial charge in [-0.15, -0.1) is 0 Å². The van der Waals surface area contributed by atoms with Crippen molar-refractivity contribution in [2.45, 2.75) is 19.9 Å². The van der Waals surface area contributed by atoms with Gasteiger partial charge >= 0.3 is 6.09 Å². The van der Waals surface area contributed by atoms with Crippen molar-refractivity contribution >= 4 is 17.9 Å². The number of carbonyl (C=O) groups is 3. The van der Waals surface area contributed by atoms with Gasteiger partial charge in [-0.3, -0.25) is 9.59 Å². The predicted molar refractivity (Wildman–Crippen MR) is 101 cm³/mol. The number of hydrogen-bond donors (Lipinski definition) is 1. The van der Waals surface area contributed by atoms with E-state index in [9.17, 15) is 14.4 Å². The van der Waals surface area contributed by atoms with Gasteiger partial charge in [0, 0.05) is 32.7 Å². The molecule has 9 nitrogen and oxygen atoms in total. The Morgan fingerprint density at radius 3 is 2.25 bits per heavy atom. The fourth-order valence-electron chi connectivity index (χ4n) is 2.86. The number of methoxy groups -OCH3 is 2.